The van der Waals surface area contributed by atoms with Gasteiger partial charge in [-0.25, -0.2) is 4.98 Å². The van der Waals surface area contributed by atoms with Gasteiger partial charge >= 0.3 is 0 Å². The molecule has 2 aromatic rings. The minimum Gasteiger partial charge on any atom is -0.379 e. The van der Waals surface area contributed by atoms with Crippen molar-refractivity contribution in [3.05, 3.63) is 29.0 Å². The summed E-state index contributed by atoms with van der Waals surface area (Å²) in [7, 11) is 0. The Bertz CT molecular complexity index is 618. The molecular formula is C15H18Cl2N2O. The fourth-order valence-corrected chi connectivity index (χ4v) is 3.39. The van der Waals surface area contributed by atoms with E-state index in [4.69, 9.17) is 32.9 Å². The molecule has 0 bridgehead atoms. The Labute approximate surface area is 128 Å². The lowest BCUT2D eigenvalue weighted by Crippen LogP contribution is -2.40. The summed E-state index contributed by atoms with van der Waals surface area (Å²) in [6.07, 6.45) is 2.92. The van der Waals surface area contributed by atoms with Crippen LogP contribution in [0.2, 0.25) is 5.02 Å². The predicted octanol–water partition coefficient (Wildman–Crippen LogP) is 4.00. The van der Waals surface area contributed by atoms with Crippen molar-refractivity contribution in [2.45, 2.75) is 31.7 Å². The molecular weight excluding hydrogens is 295 g/mol. The minimum absolute atomic E-state index is 0.0534. The smallest absolute Gasteiger partial charge is 0.111 e. The number of benzene rings is 1. The van der Waals surface area contributed by atoms with Crippen LogP contribution in [0.1, 0.15) is 25.6 Å². The van der Waals surface area contributed by atoms with Gasteiger partial charge < -0.3 is 9.30 Å². The fourth-order valence-electron chi connectivity index (χ4n) is 3.05. The highest BCUT2D eigenvalue weighted by atomic mass is 35.5. The number of ether oxygens (including phenoxy) is 1. The first-order valence-corrected chi connectivity index (χ1v) is 7.86. The third-order valence-electron chi connectivity index (χ3n) is 3.96. The molecule has 1 aromatic carbocycles. The number of imidazole rings is 1. The molecule has 1 fully saturated rings. The number of aryl methyl sites for hydroxylation is 1. The number of alkyl halides is 1. The van der Waals surface area contributed by atoms with Gasteiger partial charge in [0.15, 0.2) is 0 Å². The Morgan fingerprint density at radius 2 is 2.30 bits per heavy atom. The van der Waals surface area contributed by atoms with Crippen molar-refractivity contribution in [3.63, 3.8) is 0 Å². The molecule has 3 rings (SSSR count). The van der Waals surface area contributed by atoms with Crippen molar-refractivity contribution in [3.8, 4) is 0 Å². The molecule has 0 amide bonds. The van der Waals surface area contributed by atoms with E-state index in [0.29, 0.717) is 10.9 Å². The predicted molar refractivity (Wildman–Crippen MR) is 82.9 cm³/mol. The number of halogens is 2. The summed E-state index contributed by atoms with van der Waals surface area (Å²) in [4.78, 5) is 4.72. The summed E-state index contributed by atoms with van der Waals surface area (Å²) < 4.78 is 8.01. The Morgan fingerprint density at radius 3 is 3.00 bits per heavy atom. The van der Waals surface area contributed by atoms with Crippen LogP contribution in [-0.4, -0.2) is 28.6 Å². The second-order valence-corrected chi connectivity index (χ2v) is 6.40. The van der Waals surface area contributed by atoms with Gasteiger partial charge in [-0.15, -0.1) is 11.6 Å². The SMILES string of the molecule is CC1(n2c(CCCl)nc3cc(Cl)ccc32)CCCOC1. The largest absolute Gasteiger partial charge is 0.379 e. The van der Waals surface area contributed by atoms with Crippen molar-refractivity contribution in [2.24, 2.45) is 0 Å². The van der Waals surface area contributed by atoms with Crippen LogP contribution in [0.3, 0.4) is 0 Å². The number of hydrogen-bond donors (Lipinski definition) is 0. The minimum atomic E-state index is -0.0534. The molecule has 1 aliphatic rings. The van der Waals surface area contributed by atoms with E-state index < -0.39 is 0 Å². The molecule has 5 heteroatoms. The molecule has 20 heavy (non-hydrogen) atoms. The second-order valence-electron chi connectivity index (χ2n) is 5.59. The van der Waals surface area contributed by atoms with E-state index >= 15 is 0 Å². The maximum absolute atomic E-state index is 6.08. The van der Waals surface area contributed by atoms with Gasteiger partial charge in [-0.2, -0.15) is 0 Å². The molecule has 0 spiro atoms. The van der Waals surface area contributed by atoms with Gasteiger partial charge in [-0.05, 0) is 38.0 Å². The Kier molecular flexibility index (Phi) is 3.93. The summed E-state index contributed by atoms with van der Waals surface area (Å²) in [5.74, 6) is 1.58. The van der Waals surface area contributed by atoms with Crippen molar-refractivity contribution >= 4 is 34.2 Å². The lowest BCUT2D eigenvalue weighted by Gasteiger charge is -2.36. The van der Waals surface area contributed by atoms with E-state index in [0.717, 1.165) is 49.3 Å². The molecule has 0 aliphatic carbocycles. The topological polar surface area (TPSA) is 27.1 Å². The van der Waals surface area contributed by atoms with Gasteiger partial charge in [-0.1, -0.05) is 11.6 Å². The average molecular weight is 313 g/mol. The molecule has 1 atom stereocenters. The van der Waals surface area contributed by atoms with Crippen LogP contribution in [0.25, 0.3) is 11.0 Å². The van der Waals surface area contributed by atoms with Crippen molar-refractivity contribution in [1.82, 2.24) is 9.55 Å². The number of fused-ring (bicyclic) bond motifs is 1. The van der Waals surface area contributed by atoms with E-state index in [2.05, 4.69) is 11.5 Å². The Hall–Kier alpha value is -0.770. The van der Waals surface area contributed by atoms with E-state index in [1.807, 2.05) is 18.2 Å². The molecule has 108 valence electrons. The quantitative estimate of drug-likeness (QED) is 0.801. The summed E-state index contributed by atoms with van der Waals surface area (Å²) in [5.41, 5.74) is 1.99. The molecule has 0 N–H and O–H groups in total. The van der Waals surface area contributed by atoms with Gasteiger partial charge in [0, 0.05) is 23.9 Å². The third-order valence-corrected chi connectivity index (χ3v) is 4.39. The van der Waals surface area contributed by atoms with Crippen molar-refractivity contribution in [2.75, 3.05) is 19.1 Å². The highest BCUT2D eigenvalue weighted by Crippen LogP contribution is 2.33. The summed E-state index contributed by atoms with van der Waals surface area (Å²) in [5, 5.41) is 0.713. The van der Waals surface area contributed by atoms with Gasteiger partial charge in [0.1, 0.15) is 5.82 Å². The Balaban J connectivity index is 2.17. The van der Waals surface area contributed by atoms with Crippen molar-refractivity contribution < 1.29 is 4.74 Å². The van der Waals surface area contributed by atoms with E-state index in [9.17, 15) is 0 Å². The molecule has 3 nitrogen and oxygen atoms in total. The molecule has 1 unspecified atom stereocenters. The van der Waals surface area contributed by atoms with Gasteiger partial charge in [0.25, 0.3) is 0 Å². The summed E-state index contributed by atoms with van der Waals surface area (Å²) >= 11 is 12.0. The zero-order chi connectivity index (χ0) is 14.2. The fraction of sp³-hybridized carbons (Fsp3) is 0.533. The first-order chi connectivity index (χ1) is 9.64. The summed E-state index contributed by atoms with van der Waals surface area (Å²) in [6.45, 7) is 3.80. The molecule has 2 heterocycles. The lowest BCUT2D eigenvalue weighted by atomic mass is 9.94. The van der Waals surface area contributed by atoms with E-state index in [-0.39, 0.29) is 5.54 Å². The monoisotopic (exact) mass is 312 g/mol. The number of rotatable bonds is 3. The van der Waals surface area contributed by atoms with E-state index in [1.165, 1.54) is 0 Å². The maximum atomic E-state index is 6.08. The van der Waals surface area contributed by atoms with Gasteiger partial charge in [-0.3, -0.25) is 0 Å². The van der Waals surface area contributed by atoms with Gasteiger partial charge in [0.2, 0.25) is 0 Å². The number of aromatic nitrogens is 2. The first kappa shape index (κ1) is 14.2. The van der Waals surface area contributed by atoms with Gasteiger partial charge in [0.05, 0.1) is 23.2 Å². The van der Waals surface area contributed by atoms with Crippen molar-refractivity contribution in [1.29, 1.82) is 0 Å². The summed E-state index contributed by atoms with van der Waals surface area (Å²) in [6, 6.07) is 5.88. The van der Waals surface area contributed by atoms with Crippen LogP contribution in [0.4, 0.5) is 0 Å². The average Bonchev–Trinajstić information content (AvgIpc) is 2.77. The number of nitrogens with zero attached hydrogens (tertiary/aromatic N) is 2. The van der Waals surface area contributed by atoms with Crippen LogP contribution in [0.15, 0.2) is 18.2 Å². The highest BCUT2D eigenvalue weighted by molar-refractivity contribution is 6.31. The third kappa shape index (κ3) is 2.43. The highest BCUT2D eigenvalue weighted by Gasteiger charge is 2.33. The molecule has 1 saturated heterocycles. The lowest BCUT2D eigenvalue weighted by molar-refractivity contribution is 0.0102. The van der Waals surface area contributed by atoms with E-state index in [1.54, 1.807) is 0 Å². The van der Waals surface area contributed by atoms with Crippen LogP contribution in [-0.2, 0) is 16.7 Å². The molecule has 0 saturated carbocycles. The molecule has 0 radical (unpaired) electrons. The molecule has 1 aromatic heterocycles. The van der Waals surface area contributed by atoms with Crippen LogP contribution in [0, 0.1) is 0 Å². The number of hydrogen-bond acceptors (Lipinski definition) is 2. The second kappa shape index (κ2) is 5.55. The standard InChI is InChI=1S/C15H18Cl2N2O/c1-15(6-2-8-20-10-15)19-13-4-3-11(17)9-12(13)18-14(19)5-7-16/h3-4,9H,2,5-8,10H2,1H3. The van der Waals surface area contributed by atoms with Crippen LogP contribution in [0.5, 0.6) is 0 Å². The first-order valence-electron chi connectivity index (χ1n) is 6.95. The van der Waals surface area contributed by atoms with Crippen LogP contribution < -0.4 is 0 Å². The van der Waals surface area contributed by atoms with Crippen LogP contribution >= 0.6 is 23.2 Å². The zero-order valence-electron chi connectivity index (χ0n) is 11.5. The zero-order valence-corrected chi connectivity index (χ0v) is 13.0. The normalized spacial score (nSPS) is 23.4. The molecule has 1 aliphatic heterocycles. The Morgan fingerprint density at radius 1 is 1.45 bits per heavy atom. The maximum Gasteiger partial charge on any atom is 0.111 e.